The summed E-state index contributed by atoms with van der Waals surface area (Å²) in [5.74, 6) is -0.485. The van der Waals surface area contributed by atoms with Crippen LogP contribution in [0.3, 0.4) is 0 Å². The van der Waals surface area contributed by atoms with Gasteiger partial charge in [0.05, 0.1) is 7.11 Å². The number of hydrogen-bond acceptors (Lipinski definition) is 6. The van der Waals surface area contributed by atoms with Crippen LogP contribution in [0.2, 0.25) is 0 Å². The van der Waals surface area contributed by atoms with Crippen molar-refractivity contribution in [2.45, 2.75) is 43.5 Å². The summed E-state index contributed by atoms with van der Waals surface area (Å²) in [6.07, 6.45) is 3.76. The molecule has 3 N–H and O–H groups in total. The maximum Gasteiger partial charge on any atom is 0.349 e. The molecule has 0 amide bonds. The van der Waals surface area contributed by atoms with Gasteiger partial charge in [0.1, 0.15) is 9.77 Å². The van der Waals surface area contributed by atoms with Gasteiger partial charge in [-0.3, -0.25) is 0 Å². The minimum atomic E-state index is -3.77. The molecule has 0 aromatic carbocycles. The lowest BCUT2D eigenvalue weighted by Gasteiger charge is -2.31. The van der Waals surface area contributed by atoms with Crippen molar-refractivity contribution in [2.75, 3.05) is 13.7 Å². The largest absolute Gasteiger partial charge is 0.465 e. The molecule has 1 aliphatic carbocycles. The van der Waals surface area contributed by atoms with Gasteiger partial charge in [-0.25, -0.2) is 17.9 Å². The van der Waals surface area contributed by atoms with Crippen molar-refractivity contribution in [3.05, 3.63) is 15.8 Å². The van der Waals surface area contributed by atoms with Crippen LogP contribution in [0.4, 0.5) is 0 Å². The third-order valence-electron chi connectivity index (χ3n) is 4.08. The first-order chi connectivity index (χ1) is 10.4. The van der Waals surface area contributed by atoms with Gasteiger partial charge in [-0.15, -0.1) is 11.3 Å². The van der Waals surface area contributed by atoms with E-state index in [4.69, 9.17) is 5.73 Å². The Labute approximate surface area is 135 Å². The Bertz CT molecular complexity index is 639. The Morgan fingerprint density at radius 2 is 2.14 bits per heavy atom. The van der Waals surface area contributed by atoms with Crippen LogP contribution in [0.25, 0.3) is 0 Å². The zero-order valence-electron chi connectivity index (χ0n) is 12.8. The van der Waals surface area contributed by atoms with E-state index < -0.39 is 16.0 Å². The number of carbonyl (C=O) groups excluding carboxylic acids is 1. The molecule has 0 aliphatic heterocycles. The van der Waals surface area contributed by atoms with Crippen molar-refractivity contribution in [3.63, 3.8) is 0 Å². The minimum Gasteiger partial charge on any atom is -0.465 e. The van der Waals surface area contributed by atoms with Gasteiger partial charge in [0.15, 0.2) is 0 Å². The van der Waals surface area contributed by atoms with E-state index in [1.165, 1.54) is 7.11 Å². The molecular formula is C14H22N2O4S2. The Morgan fingerprint density at radius 1 is 1.45 bits per heavy atom. The normalized spacial score (nSPS) is 22.5. The molecule has 2 unspecified atom stereocenters. The summed E-state index contributed by atoms with van der Waals surface area (Å²) in [7, 11) is -2.53. The van der Waals surface area contributed by atoms with Gasteiger partial charge < -0.3 is 10.5 Å². The molecule has 0 bridgehead atoms. The van der Waals surface area contributed by atoms with Crippen molar-refractivity contribution in [2.24, 2.45) is 11.7 Å². The van der Waals surface area contributed by atoms with Crippen molar-refractivity contribution >= 4 is 27.3 Å². The molecule has 2 rings (SSSR count). The van der Waals surface area contributed by atoms with E-state index in [-0.39, 0.29) is 21.7 Å². The van der Waals surface area contributed by atoms with Crippen LogP contribution in [0.15, 0.2) is 10.3 Å². The number of thiophene rings is 1. The number of rotatable bonds is 5. The van der Waals surface area contributed by atoms with Crippen LogP contribution in [0, 0.1) is 12.8 Å². The maximum atomic E-state index is 12.7. The number of aryl methyl sites for hydroxylation is 1. The van der Waals surface area contributed by atoms with Crippen LogP contribution in [-0.2, 0) is 14.8 Å². The summed E-state index contributed by atoms with van der Waals surface area (Å²) in [4.78, 5) is 11.9. The van der Waals surface area contributed by atoms with Crippen molar-refractivity contribution in [3.8, 4) is 0 Å². The van der Waals surface area contributed by atoms with Crippen LogP contribution < -0.4 is 10.5 Å². The lowest BCUT2D eigenvalue weighted by molar-refractivity contribution is 0.0602. The predicted octanol–water partition coefficient (Wildman–Crippen LogP) is 1.64. The third-order valence-corrected chi connectivity index (χ3v) is 6.96. The highest BCUT2D eigenvalue weighted by molar-refractivity contribution is 7.89. The Kier molecular flexibility index (Phi) is 5.60. The average Bonchev–Trinajstić information content (AvgIpc) is 2.89. The van der Waals surface area contributed by atoms with Gasteiger partial charge in [-0.2, -0.15) is 0 Å². The Hall–Kier alpha value is -0.960. The molecule has 1 aromatic rings. The Morgan fingerprint density at radius 3 is 2.77 bits per heavy atom. The van der Waals surface area contributed by atoms with Gasteiger partial charge >= 0.3 is 5.97 Å². The highest BCUT2D eigenvalue weighted by atomic mass is 32.2. The van der Waals surface area contributed by atoms with E-state index in [0.29, 0.717) is 12.1 Å². The fourth-order valence-corrected chi connectivity index (χ4v) is 5.95. The fourth-order valence-electron chi connectivity index (χ4n) is 2.90. The first kappa shape index (κ1) is 17.4. The summed E-state index contributed by atoms with van der Waals surface area (Å²) in [6, 6.07) is -0.173. The summed E-state index contributed by atoms with van der Waals surface area (Å²) in [5.41, 5.74) is 6.31. The molecule has 1 aromatic heterocycles. The molecule has 1 heterocycles. The second kappa shape index (κ2) is 7.08. The summed E-state index contributed by atoms with van der Waals surface area (Å²) >= 11 is 1.09. The molecule has 1 fully saturated rings. The highest BCUT2D eigenvalue weighted by Crippen LogP contribution is 2.30. The first-order valence-corrected chi connectivity index (χ1v) is 9.65. The number of esters is 1. The lowest BCUT2D eigenvalue weighted by atomic mass is 9.85. The molecule has 0 radical (unpaired) electrons. The standard InChI is InChI=1S/C14H22N2O4S2/c1-9-8-21-12(14(17)20-2)13(9)22(18,19)16-11-6-4-3-5-10(11)7-15/h8,10-11,16H,3-7,15H2,1-2H3. The van der Waals surface area contributed by atoms with Gasteiger partial charge in [0, 0.05) is 6.04 Å². The van der Waals surface area contributed by atoms with Crippen LogP contribution >= 0.6 is 11.3 Å². The van der Waals surface area contributed by atoms with Crippen LogP contribution in [-0.4, -0.2) is 34.1 Å². The first-order valence-electron chi connectivity index (χ1n) is 7.29. The van der Waals surface area contributed by atoms with Gasteiger partial charge in [-0.1, -0.05) is 12.8 Å². The number of sulfonamides is 1. The van der Waals surface area contributed by atoms with E-state index in [2.05, 4.69) is 9.46 Å². The average molecular weight is 346 g/mol. The molecule has 1 aliphatic rings. The van der Waals surface area contributed by atoms with Crippen LogP contribution in [0.1, 0.15) is 40.9 Å². The molecule has 0 saturated heterocycles. The second-order valence-corrected chi connectivity index (χ2v) is 8.11. The molecule has 8 heteroatoms. The molecule has 6 nitrogen and oxygen atoms in total. The minimum absolute atomic E-state index is 0.0331. The van der Waals surface area contributed by atoms with E-state index in [0.717, 1.165) is 37.0 Å². The number of nitrogens with two attached hydrogens (primary N) is 1. The molecule has 124 valence electrons. The highest BCUT2D eigenvalue weighted by Gasteiger charge is 2.33. The number of hydrogen-bond donors (Lipinski definition) is 2. The van der Waals surface area contributed by atoms with E-state index >= 15 is 0 Å². The van der Waals surface area contributed by atoms with Crippen molar-refractivity contribution < 1.29 is 17.9 Å². The SMILES string of the molecule is COC(=O)c1scc(C)c1S(=O)(=O)NC1CCCCC1CN. The zero-order chi connectivity index (χ0) is 16.3. The zero-order valence-corrected chi connectivity index (χ0v) is 14.4. The number of nitrogens with one attached hydrogen (secondary N) is 1. The van der Waals surface area contributed by atoms with Crippen molar-refractivity contribution in [1.29, 1.82) is 0 Å². The lowest BCUT2D eigenvalue weighted by Crippen LogP contribution is -2.44. The maximum absolute atomic E-state index is 12.7. The number of ether oxygens (including phenoxy) is 1. The molecular weight excluding hydrogens is 324 g/mol. The quantitative estimate of drug-likeness (QED) is 0.790. The molecule has 1 saturated carbocycles. The predicted molar refractivity (Wildman–Crippen MR) is 85.5 cm³/mol. The third kappa shape index (κ3) is 3.51. The monoisotopic (exact) mass is 346 g/mol. The summed E-state index contributed by atoms with van der Waals surface area (Å²) < 4.78 is 32.9. The topological polar surface area (TPSA) is 98.5 Å². The van der Waals surface area contributed by atoms with Crippen LogP contribution in [0.5, 0.6) is 0 Å². The summed E-state index contributed by atoms with van der Waals surface area (Å²) in [6.45, 7) is 2.14. The summed E-state index contributed by atoms with van der Waals surface area (Å²) in [5, 5.41) is 1.65. The van der Waals surface area contributed by atoms with Gasteiger partial charge in [0.2, 0.25) is 10.0 Å². The molecule has 22 heavy (non-hydrogen) atoms. The van der Waals surface area contributed by atoms with Crippen molar-refractivity contribution in [1.82, 2.24) is 4.72 Å². The smallest absolute Gasteiger partial charge is 0.349 e. The fraction of sp³-hybridized carbons (Fsp3) is 0.643. The number of methoxy groups -OCH3 is 1. The second-order valence-electron chi connectivity index (χ2n) is 5.58. The van der Waals surface area contributed by atoms with Gasteiger partial charge in [-0.05, 0) is 43.2 Å². The van der Waals surface area contributed by atoms with Gasteiger partial charge in [0.25, 0.3) is 0 Å². The molecule has 2 atom stereocenters. The van der Waals surface area contributed by atoms with E-state index in [1.54, 1.807) is 12.3 Å². The Balaban J connectivity index is 2.31. The number of carbonyl (C=O) groups is 1. The van der Waals surface area contributed by atoms with E-state index in [1.807, 2.05) is 0 Å². The molecule has 0 spiro atoms. The van der Waals surface area contributed by atoms with E-state index in [9.17, 15) is 13.2 Å².